The van der Waals surface area contributed by atoms with E-state index in [1.807, 2.05) is 19.9 Å². The first-order chi connectivity index (χ1) is 16.3. The Balaban J connectivity index is 1.86. The van der Waals surface area contributed by atoms with Crippen LogP contribution in [-0.4, -0.2) is 63.3 Å². The Hall–Kier alpha value is -3.35. The van der Waals surface area contributed by atoms with Crippen molar-refractivity contribution in [2.45, 2.75) is 45.5 Å². The predicted octanol–water partition coefficient (Wildman–Crippen LogP) is 3.91. The zero-order valence-corrected chi connectivity index (χ0v) is 21.4. The molecule has 3 aromatic rings. The van der Waals surface area contributed by atoms with Crippen LogP contribution in [0.3, 0.4) is 0 Å². The van der Waals surface area contributed by atoms with Crippen molar-refractivity contribution >= 4 is 30.0 Å². The molecule has 0 radical (unpaired) electrons. The standard InChI is InChI=1S/C23H29FN7O3P/c1-14(2)30-18-8-20(31-21-16(11-29-31)7-15(9-25)10-27-21)26-12-17(18)22(32)28-13-19(24)23(3,4)34-35(5,6)33/h7-8,10-12,14,19H,13H2,1-6H3,(H,26,30)(H,28,32)/t19-/m1/s1. The molecule has 3 aromatic heterocycles. The summed E-state index contributed by atoms with van der Waals surface area (Å²) in [5.74, 6) is -0.111. The molecule has 0 bridgehead atoms. The molecule has 0 saturated carbocycles. The predicted molar refractivity (Wildman–Crippen MR) is 132 cm³/mol. The molecule has 0 fully saturated rings. The molecule has 0 saturated heterocycles. The second-order valence-corrected chi connectivity index (χ2v) is 12.0. The van der Waals surface area contributed by atoms with Gasteiger partial charge in [-0.15, -0.1) is 0 Å². The molecule has 0 spiro atoms. The van der Waals surface area contributed by atoms with Crippen molar-refractivity contribution in [2.75, 3.05) is 25.2 Å². The maximum Gasteiger partial charge on any atom is 0.255 e. The molecule has 0 aliphatic heterocycles. The van der Waals surface area contributed by atoms with Gasteiger partial charge in [0.1, 0.15) is 17.8 Å². The van der Waals surface area contributed by atoms with Crippen LogP contribution in [0.5, 0.6) is 0 Å². The summed E-state index contributed by atoms with van der Waals surface area (Å²) < 4.78 is 33.7. The van der Waals surface area contributed by atoms with Gasteiger partial charge >= 0.3 is 0 Å². The van der Waals surface area contributed by atoms with E-state index in [-0.39, 0.29) is 18.2 Å². The Kier molecular flexibility index (Phi) is 7.58. The van der Waals surface area contributed by atoms with Gasteiger partial charge in [0.15, 0.2) is 18.8 Å². The average Bonchev–Trinajstić information content (AvgIpc) is 3.18. The molecule has 0 aliphatic rings. The topological polar surface area (TPSA) is 135 Å². The first-order valence-electron chi connectivity index (χ1n) is 11.0. The molecule has 3 rings (SSSR count). The lowest BCUT2D eigenvalue weighted by molar-refractivity contribution is 0.0250. The molecule has 35 heavy (non-hydrogen) atoms. The van der Waals surface area contributed by atoms with Gasteiger partial charge in [-0.3, -0.25) is 9.36 Å². The Morgan fingerprint density at radius 2 is 1.97 bits per heavy atom. The first-order valence-corrected chi connectivity index (χ1v) is 13.5. The van der Waals surface area contributed by atoms with Crippen LogP contribution in [-0.2, 0) is 9.09 Å². The molecule has 10 nitrogen and oxygen atoms in total. The highest BCUT2D eigenvalue weighted by atomic mass is 31.2. The van der Waals surface area contributed by atoms with Crippen LogP contribution in [0.1, 0.15) is 43.6 Å². The van der Waals surface area contributed by atoms with E-state index in [2.05, 4.69) is 25.7 Å². The van der Waals surface area contributed by atoms with Gasteiger partial charge in [-0.25, -0.2) is 14.4 Å². The highest BCUT2D eigenvalue weighted by molar-refractivity contribution is 7.57. The monoisotopic (exact) mass is 501 g/mol. The summed E-state index contributed by atoms with van der Waals surface area (Å²) in [4.78, 5) is 21.6. The quantitative estimate of drug-likeness (QED) is 0.422. The molecular formula is C23H29FN7O3P. The molecule has 2 N–H and O–H groups in total. The average molecular weight is 502 g/mol. The maximum atomic E-state index is 14.8. The molecule has 1 amide bonds. The Labute approximate surface area is 203 Å². The van der Waals surface area contributed by atoms with Gasteiger partial charge in [0, 0.05) is 43.2 Å². The first kappa shape index (κ1) is 26.3. The Bertz CT molecular complexity index is 1330. The second kappa shape index (κ2) is 10.1. The summed E-state index contributed by atoms with van der Waals surface area (Å²) >= 11 is 0. The third-order valence-electron chi connectivity index (χ3n) is 4.98. The zero-order valence-electron chi connectivity index (χ0n) is 20.5. The molecule has 0 aromatic carbocycles. The summed E-state index contributed by atoms with van der Waals surface area (Å²) in [5.41, 5.74) is 0.293. The van der Waals surface area contributed by atoms with Gasteiger partial charge in [0.25, 0.3) is 5.91 Å². The fourth-order valence-corrected chi connectivity index (χ4v) is 4.72. The Morgan fingerprint density at radius 3 is 2.60 bits per heavy atom. The van der Waals surface area contributed by atoms with Crippen LogP contribution < -0.4 is 10.6 Å². The number of halogens is 1. The number of carbonyl (C=O) groups is 1. The minimum Gasteiger partial charge on any atom is -0.382 e. The number of aromatic nitrogens is 4. The highest BCUT2D eigenvalue weighted by Gasteiger charge is 2.35. The van der Waals surface area contributed by atoms with E-state index >= 15 is 0 Å². The number of rotatable bonds is 9. The van der Waals surface area contributed by atoms with Crippen molar-refractivity contribution in [2.24, 2.45) is 0 Å². The lowest BCUT2D eigenvalue weighted by atomic mass is 10.0. The summed E-state index contributed by atoms with van der Waals surface area (Å²) in [5, 5.41) is 19.9. The lowest BCUT2D eigenvalue weighted by Gasteiger charge is -2.30. The van der Waals surface area contributed by atoms with Gasteiger partial charge in [-0.05, 0) is 33.8 Å². The van der Waals surface area contributed by atoms with E-state index in [1.54, 1.807) is 18.3 Å². The van der Waals surface area contributed by atoms with Crippen molar-refractivity contribution < 1.29 is 18.3 Å². The number of nitrogens with one attached hydrogen (secondary N) is 2. The number of nitrogens with zero attached hydrogens (tertiary/aromatic N) is 5. The van der Waals surface area contributed by atoms with E-state index in [0.717, 1.165) is 0 Å². The summed E-state index contributed by atoms with van der Waals surface area (Å²) in [6.45, 7) is 9.32. The molecular weight excluding hydrogens is 472 g/mol. The number of amides is 1. The number of nitriles is 1. The van der Waals surface area contributed by atoms with Crippen molar-refractivity contribution in [3.63, 3.8) is 0 Å². The van der Waals surface area contributed by atoms with E-state index in [1.165, 1.54) is 44.3 Å². The molecule has 0 unspecified atom stereocenters. The van der Waals surface area contributed by atoms with Crippen LogP contribution in [0.4, 0.5) is 10.1 Å². The maximum absolute atomic E-state index is 14.8. The lowest BCUT2D eigenvalue weighted by Crippen LogP contribution is -2.43. The number of fused-ring (bicyclic) bond motifs is 1. The van der Waals surface area contributed by atoms with Crippen LogP contribution >= 0.6 is 7.37 Å². The molecule has 3 heterocycles. The highest BCUT2D eigenvalue weighted by Crippen LogP contribution is 2.43. The van der Waals surface area contributed by atoms with Crippen molar-refractivity contribution in [1.29, 1.82) is 5.26 Å². The number of anilines is 1. The summed E-state index contributed by atoms with van der Waals surface area (Å²) in [6.07, 6.45) is 2.82. The normalized spacial score (nSPS) is 13.0. The second-order valence-electron chi connectivity index (χ2n) is 9.32. The Morgan fingerprint density at radius 1 is 1.26 bits per heavy atom. The third-order valence-corrected chi connectivity index (χ3v) is 5.89. The minimum atomic E-state index is -2.92. The van der Waals surface area contributed by atoms with Gasteiger partial charge in [-0.1, -0.05) is 0 Å². The van der Waals surface area contributed by atoms with Gasteiger partial charge in [0.05, 0.1) is 29.6 Å². The largest absolute Gasteiger partial charge is 0.382 e. The number of hydrogen-bond donors (Lipinski definition) is 2. The molecule has 186 valence electrons. The number of pyridine rings is 2. The SMILES string of the molecule is CC(C)Nc1cc(-n2ncc3cc(C#N)cnc32)ncc1C(=O)NC[C@@H](F)C(C)(C)OP(C)(C)=O. The van der Waals surface area contributed by atoms with Gasteiger partial charge in [0.2, 0.25) is 0 Å². The summed E-state index contributed by atoms with van der Waals surface area (Å²) in [7, 11) is -2.92. The third kappa shape index (κ3) is 6.41. The zero-order chi connectivity index (χ0) is 26.0. The van der Waals surface area contributed by atoms with E-state index in [4.69, 9.17) is 9.79 Å². The number of carbonyl (C=O) groups excluding carboxylic acids is 1. The minimum absolute atomic E-state index is 0.00742. The smallest absolute Gasteiger partial charge is 0.255 e. The fraction of sp³-hybridized carbons (Fsp3) is 0.435. The molecule has 12 heteroatoms. The van der Waals surface area contributed by atoms with Crippen LogP contribution in [0.2, 0.25) is 0 Å². The van der Waals surface area contributed by atoms with Gasteiger partial charge in [-0.2, -0.15) is 15.0 Å². The number of hydrogen-bond acceptors (Lipinski definition) is 8. The van der Waals surface area contributed by atoms with E-state index in [9.17, 15) is 13.8 Å². The fourth-order valence-electron chi connectivity index (χ4n) is 3.47. The van der Waals surface area contributed by atoms with Crippen molar-refractivity contribution in [3.05, 3.63) is 41.9 Å². The molecule has 1 atom stereocenters. The van der Waals surface area contributed by atoms with Crippen molar-refractivity contribution in [1.82, 2.24) is 25.1 Å². The molecule has 0 aliphatic carbocycles. The van der Waals surface area contributed by atoms with Crippen molar-refractivity contribution in [3.8, 4) is 11.9 Å². The van der Waals surface area contributed by atoms with Crippen LogP contribution in [0, 0.1) is 11.3 Å². The van der Waals surface area contributed by atoms with E-state index in [0.29, 0.717) is 28.1 Å². The number of alkyl halides is 1. The van der Waals surface area contributed by atoms with Gasteiger partial charge < -0.3 is 15.2 Å². The summed E-state index contributed by atoms with van der Waals surface area (Å²) in [6, 6.07) is 5.37. The van der Waals surface area contributed by atoms with Crippen LogP contribution in [0.25, 0.3) is 16.9 Å². The van der Waals surface area contributed by atoms with Crippen LogP contribution in [0.15, 0.2) is 30.7 Å². The van der Waals surface area contributed by atoms with E-state index < -0.39 is 25.0 Å².